The van der Waals surface area contributed by atoms with Gasteiger partial charge in [-0.05, 0) is 41.5 Å². The van der Waals surface area contributed by atoms with Crippen molar-refractivity contribution in [1.82, 2.24) is 5.32 Å². The van der Waals surface area contributed by atoms with E-state index in [9.17, 15) is 13.2 Å². The second-order valence-corrected chi connectivity index (χ2v) is 9.84. The number of halogens is 1. The Morgan fingerprint density at radius 1 is 1.18 bits per heavy atom. The van der Waals surface area contributed by atoms with E-state index in [2.05, 4.69) is 5.32 Å². The van der Waals surface area contributed by atoms with Crippen LogP contribution in [-0.4, -0.2) is 21.4 Å². The molecule has 8 heteroatoms. The molecule has 4 rings (SSSR count). The Bertz CT molecular complexity index is 1170. The van der Waals surface area contributed by atoms with Crippen LogP contribution in [-0.2, 0) is 22.1 Å². The van der Waals surface area contributed by atoms with Gasteiger partial charge in [-0.15, -0.1) is 11.3 Å². The van der Waals surface area contributed by atoms with Gasteiger partial charge in [-0.3, -0.25) is 4.79 Å². The third-order valence-corrected chi connectivity index (χ3v) is 7.66. The highest BCUT2D eigenvalue weighted by atomic mass is 35.5. The second-order valence-electron chi connectivity index (χ2n) is 6.40. The summed E-state index contributed by atoms with van der Waals surface area (Å²) in [7, 11) is -1.87. The van der Waals surface area contributed by atoms with Gasteiger partial charge in [-0.25, -0.2) is 8.42 Å². The number of ether oxygens (including phenoxy) is 1. The Hall–Kier alpha value is -2.35. The highest BCUT2D eigenvalue weighted by molar-refractivity contribution is 7.91. The molecule has 1 aliphatic rings. The first-order chi connectivity index (χ1) is 13.4. The van der Waals surface area contributed by atoms with E-state index in [1.54, 1.807) is 25.3 Å². The second kappa shape index (κ2) is 7.24. The van der Waals surface area contributed by atoms with E-state index in [0.717, 1.165) is 16.2 Å². The first-order valence-electron chi connectivity index (χ1n) is 8.44. The number of hydrogen-bond donors (Lipinski definition) is 1. The molecule has 2 aromatic carbocycles. The number of rotatable bonds is 4. The monoisotopic (exact) mass is 433 g/mol. The van der Waals surface area contributed by atoms with Crippen molar-refractivity contribution < 1.29 is 17.9 Å². The lowest BCUT2D eigenvalue weighted by Crippen LogP contribution is -2.21. The summed E-state index contributed by atoms with van der Waals surface area (Å²) in [6, 6.07) is 13.9. The number of sulfone groups is 1. The van der Waals surface area contributed by atoms with Crippen molar-refractivity contribution in [1.29, 1.82) is 0 Å². The van der Waals surface area contributed by atoms with Crippen LogP contribution in [0.25, 0.3) is 10.4 Å². The van der Waals surface area contributed by atoms with Crippen molar-refractivity contribution in [3.8, 4) is 16.2 Å². The Morgan fingerprint density at radius 3 is 2.64 bits per heavy atom. The van der Waals surface area contributed by atoms with Crippen molar-refractivity contribution >= 4 is 38.7 Å². The van der Waals surface area contributed by atoms with E-state index in [4.69, 9.17) is 16.3 Å². The lowest BCUT2D eigenvalue weighted by molar-refractivity contribution is 0.0955. The highest BCUT2D eigenvalue weighted by Crippen LogP contribution is 2.43. The Balaban J connectivity index is 1.58. The SMILES string of the molecule is COc1ccc(CNC(=O)c2cc3c(s2)-c2ccc(Cl)cc2S(=O)(=O)C3)cc1. The molecule has 0 unspecified atom stereocenters. The molecule has 0 saturated carbocycles. The van der Waals surface area contributed by atoms with Gasteiger partial charge >= 0.3 is 0 Å². The molecular weight excluding hydrogens is 418 g/mol. The average molecular weight is 434 g/mol. The summed E-state index contributed by atoms with van der Waals surface area (Å²) < 4.78 is 30.3. The highest BCUT2D eigenvalue weighted by Gasteiger charge is 2.31. The van der Waals surface area contributed by atoms with Gasteiger partial charge in [0.2, 0.25) is 0 Å². The molecule has 1 aromatic heterocycles. The number of nitrogens with one attached hydrogen (secondary N) is 1. The zero-order valence-electron chi connectivity index (χ0n) is 14.9. The van der Waals surface area contributed by atoms with Gasteiger partial charge in [0.05, 0.1) is 22.6 Å². The van der Waals surface area contributed by atoms with E-state index in [1.807, 2.05) is 24.3 Å². The van der Waals surface area contributed by atoms with E-state index in [-0.39, 0.29) is 16.6 Å². The van der Waals surface area contributed by atoms with E-state index in [1.165, 1.54) is 17.4 Å². The van der Waals surface area contributed by atoms with Gasteiger partial charge < -0.3 is 10.1 Å². The van der Waals surface area contributed by atoms with Gasteiger partial charge in [-0.2, -0.15) is 0 Å². The minimum atomic E-state index is -3.47. The van der Waals surface area contributed by atoms with Crippen LogP contribution in [0.15, 0.2) is 53.4 Å². The maximum absolute atomic E-state index is 12.6. The molecule has 0 fully saturated rings. The molecule has 0 spiro atoms. The Labute approximate surface area is 171 Å². The maximum atomic E-state index is 12.6. The largest absolute Gasteiger partial charge is 0.497 e. The summed E-state index contributed by atoms with van der Waals surface area (Å²) in [5.41, 5.74) is 2.19. The minimum absolute atomic E-state index is 0.127. The normalized spacial score (nSPS) is 14.1. The van der Waals surface area contributed by atoms with Gasteiger partial charge in [0.1, 0.15) is 5.75 Å². The van der Waals surface area contributed by atoms with Gasteiger partial charge in [0, 0.05) is 22.0 Å². The number of carbonyl (C=O) groups is 1. The molecule has 2 heterocycles. The van der Waals surface area contributed by atoms with Crippen LogP contribution in [0.2, 0.25) is 5.02 Å². The first-order valence-corrected chi connectivity index (χ1v) is 11.3. The summed E-state index contributed by atoms with van der Waals surface area (Å²) in [5.74, 6) is 0.391. The predicted molar refractivity (Wildman–Crippen MR) is 110 cm³/mol. The zero-order valence-corrected chi connectivity index (χ0v) is 17.2. The van der Waals surface area contributed by atoms with Crippen LogP contribution in [0.4, 0.5) is 0 Å². The third kappa shape index (κ3) is 3.53. The van der Waals surface area contributed by atoms with Crippen molar-refractivity contribution in [2.75, 3.05) is 7.11 Å². The summed E-state index contributed by atoms with van der Waals surface area (Å²) in [6.45, 7) is 0.371. The maximum Gasteiger partial charge on any atom is 0.261 e. The number of amides is 1. The molecule has 1 amide bonds. The lowest BCUT2D eigenvalue weighted by Gasteiger charge is -2.16. The Kier molecular flexibility index (Phi) is 4.91. The molecule has 0 atom stereocenters. The third-order valence-electron chi connectivity index (χ3n) is 4.51. The number of thiophene rings is 1. The van der Waals surface area contributed by atoms with Crippen LogP contribution in [0, 0.1) is 0 Å². The van der Waals surface area contributed by atoms with Crippen molar-refractivity contribution in [2.45, 2.75) is 17.2 Å². The molecule has 1 aliphatic heterocycles. The van der Waals surface area contributed by atoms with Crippen LogP contribution in [0.3, 0.4) is 0 Å². The number of hydrogen-bond acceptors (Lipinski definition) is 5. The quantitative estimate of drug-likeness (QED) is 0.666. The molecular formula is C20H16ClNO4S2. The van der Waals surface area contributed by atoms with Crippen LogP contribution in [0.5, 0.6) is 5.75 Å². The number of carbonyl (C=O) groups excluding carboxylic acids is 1. The van der Waals surface area contributed by atoms with Crippen molar-refractivity contribution in [3.63, 3.8) is 0 Å². The summed E-state index contributed by atoms with van der Waals surface area (Å²) in [4.78, 5) is 14.1. The predicted octanol–water partition coefficient (Wildman–Crippen LogP) is 4.29. The van der Waals surface area contributed by atoms with Crippen molar-refractivity contribution in [2.24, 2.45) is 0 Å². The fraction of sp³-hybridized carbons (Fsp3) is 0.150. The van der Waals surface area contributed by atoms with Gasteiger partial charge in [0.15, 0.2) is 9.84 Å². The number of benzene rings is 2. The fourth-order valence-electron chi connectivity index (χ4n) is 3.11. The summed E-state index contributed by atoms with van der Waals surface area (Å²) in [6.07, 6.45) is 0. The summed E-state index contributed by atoms with van der Waals surface area (Å²) >= 11 is 7.27. The molecule has 0 saturated heterocycles. The molecule has 28 heavy (non-hydrogen) atoms. The molecule has 3 aromatic rings. The Morgan fingerprint density at radius 2 is 1.93 bits per heavy atom. The molecule has 144 valence electrons. The number of fused-ring (bicyclic) bond motifs is 3. The molecule has 5 nitrogen and oxygen atoms in total. The fourth-order valence-corrected chi connectivity index (χ4v) is 6.25. The molecule has 0 radical (unpaired) electrons. The van der Waals surface area contributed by atoms with Crippen LogP contribution >= 0.6 is 22.9 Å². The van der Waals surface area contributed by atoms with Gasteiger partial charge in [0.25, 0.3) is 5.91 Å². The lowest BCUT2D eigenvalue weighted by atomic mass is 10.1. The van der Waals surface area contributed by atoms with Crippen molar-refractivity contribution in [3.05, 3.63) is 69.6 Å². The first kappa shape index (κ1) is 19.0. The topological polar surface area (TPSA) is 72.5 Å². The van der Waals surface area contributed by atoms with Crippen LogP contribution < -0.4 is 10.1 Å². The van der Waals surface area contributed by atoms with Crippen LogP contribution in [0.1, 0.15) is 20.8 Å². The number of methoxy groups -OCH3 is 1. The van der Waals surface area contributed by atoms with E-state index < -0.39 is 9.84 Å². The zero-order chi connectivity index (χ0) is 19.9. The van der Waals surface area contributed by atoms with E-state index >= 15 is 0 Å². The average Bonchev–Trinajstić information content (AvgIpc) is 3.10. The standard InChI is InChI=1S/C20H16ClNO4S2/c1-26-15-5-2-12(3-6-15)10-22-20(23)17-8-13-11-28(24,25)18-9-14(21)4-7-16(18)19(13)27-17/h2-9H,10-11H2,1H3,(H,22,23). The minimum Gasteiger partial charge on any atom is -0.497 e. The molecule has 1 N–H and O–H groups in total. The smallest absolute Gasteiger partial charge is 0.261 e. The summed E-state index contributed by atoms with van der Waals surface area (Å²) in [5, 5.41) is 3.25. The van der Waals surface area contributed by atoms with Gasteiger partial charge in [-0.1, -0.05) is 29.8 Å². The molecule has 0 aliphatic carbocycles. The van der Waals surface area contributed by atoms with E-state index in [0.29, 0.717) is 27.6 Å². The molecule has 0 bridgehead atoms.